The van der Waals surface area contributed by atoms with E-state index in [1.165, 1.54) is 26.6 Å². The molecule has 138 valence electrons. The fourth-order valence-electron chi connectivity index (χ4n) is 3.61. The first kappa shape index (κ1) is 18.6. The monoisotopic (exact) mass is 410 g/mol. The molecule has 0 bridgehead atoms. The van der Waals surface area contributed by atoms with Gasteiger partial charge in [-0.1, -0.05) is 26.8 Å². The third kappa shape index (κ3) is 3.80. The quantitative estimate of drug-likeness (QED) is 0.417. The minimum Gasteiger partial charge on any atom is -0.243 e. The lowest BCUT2D eigenvalue weighted by Crippen LogP contribution is -2.26. The van der Waals surface area contributed by atoms with Gasteiger partial charge < -0.3 is 0 Å². The number of thiophene rings is 3. The van der Waals surface area contributed by atoms with Crippen LogP contribution in [-0.2, 0) is 12.8 Å². The van der Waals surface area contributed by atoms with E-state index in [9.17, 15) is 5.26 Å². The van der Waals surface area contributed by atoms with E-state index in [0.29, 0.717) is 11.3 Å². The first-order chi connectivity index (χ1) is 13.0. The predicted molar refractivity (Wildman–Crippen MR) is 119 cm³/mol. The SMILES string of the molecule is CC(C)(C)[C@H]1CCc2c(sc(N=Cc3ccc(-c4cccs4)s3)c2C#N)C1. The van der Waals surface area contributed by atoms with Crippen molar-refractivity contribution in [2.45, 2.75) is 40.0 Å². The summed E-state index contributed by atoms with van der Waals surface area (Å²) in [5, 5.41) is 12.7. The van der Waals surface area contributed by atoms with Crippen molar-refractivity contribution < 1.29 is 0 Å². The number of rotatable bonds is 3. The number of nitrogens with zero attached hydrogens (tertiary/aromatic N) is 2. The topological polar surface area (TPSA) is 36.1 Å². The molecule has 1 atom stereocenters. The summed E-state index contributed by atoms with van der Waals surface area (Å²) in [7, 11) is 0. The van der Waals surface area contributed by atoms with Gasteiger partial charge in [-0.25, -0.2) is 4.99 Å². The van der Waals surface area contributed by atoms with E-state index < -0.39 is 0 Å². The zero-order valence-corrected chi connectivity index (χ0v) is 18.2. The molecular formula is C22H22N2S3. The molecule has 1 aliphatic rings. The Morgan fingerprint density at radius 3 is 2.74 bits per heavy atom. The van der Waals surface area contributed by atoms with Gasteiger partial charge in [-0.15, -0.1) is 34.0 Å². The molecule has 27 heavy (non-hydrogen) atoms. The summed E-state index contributed by atoms with van der Waals surface area (Å²) < 4.78 is 0. The summed E-state index contributed by atoms with van der Waals surface area (Å²) in [6.45, 7) is 6.97. The maximum Gasteiger partial charge on any atom is 0.134 e. The molecule has 0 aliphatic heterocycles. The number of hydrogen-bond donors (Lipinski definition) is 0. The van der Waals surface area contributed by atoms with Crippen molar-refractivity contribution in [3.05, 3.63) is 50.5 Å². The smallest absolute Gasteiger partial charge is 0.134 e. The zero-order chi connectivity index (χ0) is 19.0. The summed E-state index contributed by atoms with van der Waals surface area (Å²) in [5.74, 6) is 0.678. The second-order valence-electron chi connectivity index (χ2n) is 8.04. The number of hydrogen-bond acceptors (Lipinski definition) is 5. The van der Waals surface area contributed by atoms with E-state index in [1.54, 1.807) is 34.0 Å². The van der Waals surface area contributed by atoms with Crippen LogP contribution in [0.1, 0.15) is 48.1 Å². The molecule has 5 heteroatoms. The van der Waals surface area contributed by atoms with Gasteiger partial charge in [0.2, 0.25) is 0 Å². The highest BCUT2D eigenvalue weighted by atomic mass is 32.1. The van der Waals surface area contributed by atoms with Crippen LogP contribution in [0.25, 0.3) is 9.75 Å². The maximum absolute atomic E-state index is 9.70. The molecule has 3 heterocycles. The average molecular weight is 411 g/mol. The molecule has 3 aromatic heterocycles. The second kappa shape index (κ2) is 7.35. The Kier molecular flexibility index (Phi) is 5.07. The number of nitriles is 1. The lowest BCUT2D eigenvalue weighted by Gasteiger charge is -2.33. The first-order valence-corrected chi connectivity index (χ1v) is 11.7. The molecule has 0 fully saturated rings. The van der Waals surface area contributed by atoms with E-state index in [1.807, 2.05) is 6.21 Å². The molecule has 0 aromatic carbocycles. The first-order valence-electron chi connectivity index (χ1n) is 9.18. The van der Waals surface area contributed by atoms with Crippen molar-refractivity contribution in [3.8, 4) is 15.8 Å². The molecule has 0 unspecified atom stereocenters. The molecule has 0 spiro atoms. The van der Waals surface area contributed by atoms with Gasteiger partial charge in [-0.05, 0) is 59.7 Å². The van der Waals surface area contributed by atoms with E-state index in [4.69, 9.17) is 4.99 Å². The predicted octanol–water partition coefficient (Wildman–Crippen LogP) is 7.31. The fourth-order valence-corrected chi connectivity index (χ4v) is 6.55. The molecule has 0 radical (unpaired) electrons. The molecule has 2 nitrogen and oxygen atoms in total. The average Bonchev–Trinajstić information content (AvgIpc) is 3.36. The van der Waals surface area contributed by atoms with Gasteiger partial charge in [0.25, 0.3) is 0 Å². The third-order valence-corrected chi connectivity index (χ3v) is 8.53. The Morgan fingerprint density at radius 1 is 1.19 bits per heavy atom. The van der Waals surface area contributed by atoms with Crippen LogP contribution in [-0.4, -0.2) is 6.21 Å². The van der Waals surface area contributed by atoms with Crippen LogP contribution < -0.4 is 0 Å². The van der Waals surface area contributed by atoms with Crippen molar-refractivity contribution in [3.63, 3.8) is 0 Å². The number of fused-ring (bicyclic) bond motifs is 1. The Bertz CT molecular complexity index is 1010. The van der Waals surface area contributed by atoms with Gasteiger partial charge in [0, 0.05) is 25.7 Å². The normalized spacial score (nSPS) is 17.2. The van der Waals surface area contributed by atoms with Gasteiger partial charge in [-0.2, -0.15) is 5.26 Å². The highest BCUT2D eigenvalue weighted by molar-refractivity contribution is 7.22. The van der Waals surface area contributed by atoms with E-state index in [0.717, 1.165) is 28.3 Å². The van der Waals surface area contributed by atoms with Crippen LogP contribution in [0.2, 0.25) is 0 Å². The summed E-state index contributed by atoms with van der Waals surface area (Å²) in [5.41, 5.74) is 2.36. The van der Waals surface area contributed by atoms with Crippen LogP contribution in [0.15, 0.2) is 34.6 Å². The van der Waals surface area contributed by atoms with Crippen LogP contribution in [0.5, 0.6) is 0 Å². The van der Waals surface area contributed by atoms with Gasteiger partial charge in [-0.3, -0.25) is 0 Å². The zero-order valence-electron chi connectivity index (χ0n) is 15.8. The Morgan fingerprint density at radius 2 is 2.04 bits per heavy atom. The second-order valence-corrected chi connectivity index (χ2v) is 11.2. The van der Waals surface area contributed by atoms with Crippen molar-refractivity contribution in [2.24, 2.45) is 16.3 Å². The lowest BCUT2D eigenvalue weighted by molar-refractivity contribution is 0.218. The maximum atomic E-state index is 9.70. The largest absolute Gasteiger partial charge is 0.243 e. The highest BCUT2D eigenvalue weighted by Gasteiger charge is 2.32. The lowest BCUT2D eigenvalue weighted by atomic mass is 9.72. The van der Waals surface area contributed by atoms with E-state index in [-0.39, 0.29) is 0 Å². The Hall–Kier alpha value is -1.74. The van der Waals surface area contributed by atoms with Crippen LogP contribution in [0.4, 0.5) is 5.00 Å². The number of aliphatic imine (C=N–C) groups is 1. The molecule has 4 rings (SSSR count). The molecule has 0 saturated heterocycles. The van der Waals surface area contributed by atoms with Gasteiger partial charge >= 0.3 is 0 Å². The van der Waals surface area contributed by atoms with E-state index in [2.05, 4.69) is 56.5 Å². The Balaban J connectivity index is 1.59. The summed E-state index contributed by atoms with van der Waals surface area (Å²) >= 11 is 5.22. The standard InChI is InChI=1S/C22H22N2S3/c1-22(2,3)14-6-8-16-17(12-23)21(27-20(16)11-14)24-13-15-7-9-19(26-15)18-5-4-10-25-18/h4-5,7,9-10,13-14H,6,8,11H2,1-3H3/t14-/m0/s1. The molecule has 0 N–H and O–H groups in total. The highest BCUT2D eigenvalue weighted by Crippen LogP contribution is 2.45. The van der Waals surface area contributed by atoms with Crippen molar-refractivity contribution in [2.75, 3.05) is 0 Å². The van der Waals surface area contributed by atoms with Crippen LogP contribution in [0, 0.1) is 22.7 Å². The molecule has 1 aliphatic carbocycles. The molecular weight excluding hydrogens is 388 g/mol. The fraction of sp³-hybridized carbons (Fsp3) is 0.364. The van der Waals surface area contributed by atoms with Crippen molar-refractivity contribution in [1.29, 1.82) is 5.26 Å². The van der Waals surface area contributed by atoms with Gasteiger partial charge in [0.1, 0.15) is 11.1 Å². The van der Waals surface area contributed by atoms with E-state index >= 15 is 0 Å². The summed E-state index contributed by atoms with van der Waals surface area (Å²) in [6.07, 6.45) is 5.17. The van der Waals surface area contributed by atoms with Crippen LogP contribution in [0.3, 0.4) is 0 Å². The third-order valence-electron chi connectivity index (χ3n) is 5.28. The van der Waals surface area contributed by atoms with Crippen LogP contribution >= 0.6 is 34.0 Å². The molecule has 0 saturated carbocycles. The minimum absolute atomic E-state index is 0.313. The minimum atomic E-state index is 0.313. The summed E-state index contributed by atoms with van der Waals surface area (Å²) in [4.78, 5) is 9.77. The van der Waals surface area contributed by atoms with Gasteiger partial charge in [0.15, 0.2) is 0 Å². The Labute approximate surface area is 172 Å². The van der Waals surface area contributed by atoms with Crippen molar-refractivity contribution >= 4 is 45.2 Å². The molecule has 0 amide bonds. The summed E-state index contributed by atoms with van der Waals surface area (Å²) in [6, 6.07) is 10.9. The molecule has 3 aromatic rings. The van der Waals surface area contributed by atoms with Crippen molar-refractivity contribution in [1.82, 2.24) is 0 Å². The van der Waals surface area contributed by atoms with Gasteiger partial charge in [0.05, 0.1) is 5.56 Å².